The summed E-state index contributed by atoms with van der Waals surface area (Å²) in [6.07, 6.45) is 0.503. The van der Waals surface area contributed by atoms with Crippen LogP contribution in [0.5, 0.6) is 11.5 Å². The van der Waals surface area contributed by atoms with Crippen LogP contribution in [-0.4, -0.2) is 52.8 Å². The molecule has 0 aliphatic carbocycles. The summed E-state index contributed by atoms with van der Waals surface area (Å²) in [4.78, 5) is 28.4. The van der Waals surface area contributed by atoms with E-state index in [2.05, 4.69) is 34.6 Å². The van der Waals surface area contributed by atoms with E-state index in [0.29, 0.717) is 24.5 Å². The van der Waals surface area contributed by atoms with Crippen molar-refractivity contribution in [3.63, 3.8) is 0 Å². The number of aliphatic hydroxyl groups is 1. The van der Waals surface area contributed by atoms with Gasteiger partial charge in [0.2, 0.25) is 0 Å². The second-order valence-corrected chi connectivity index (χ2v) is 16.0. The zero-order valence-corrected chi connectivity index (χ0v) is 33.6. The van der Waals surface area contributed by atoms with Crippen molar-refractivity contribution in [1.82, 2.24) is 10.2 Å². The van der Waals surface area contributed by atoms with Crippen LogP contribution in [0.4, 0.5) is 10.5 Å². The van der Waals surface area contributed by atoms with E-state index in [9.17, 15) is 14.7 Å². The van der Waals surface area contributed by atoms with Gasteiger partial charge in [-0.2, -0.15) is 0 Å². The van der Waals surface area contributed by atoms with Gasteiger partial charge in [-0.05, 0) is 104 Å². The summed E-state index contributed by atoms with van der Waals surface area (Å²) >= 11 is 0. The number of anilines is 1. The van der Waals surface area contributed by atoms with Crippen molar-refractivity contribution in [2.24, 2.45) is 5.92 Å². The summed E-state index contributed by atoms with van der Waals surface area (Å²) < 4.78 is 25.2. The Labute approximate surface area is 341 Å². The summed E-state index contributed by atoms with van der Waals surface area (Å²) in [5.41, 5.74) is 5.76. The number of para-hydroxylation sites is 1. The van der Waals surface area contributed by atoms with Crippen LogP contribution in [0, 0.1) is 5.92 Å². The predicted octanol–water partition coefficient (Wildman–Crippen LogP) is 9.56. The lowest BCUT2D eigenvalue weighted by Gasteiger charge is -2.43. The number of nitrogens with one attached hydrogen (secondary N) is 2. The molecule has 2 heterocycles. The summed E-state index contributed by atoms with van der Waals surface area (Å²) in [7, 11) is 0. The third-order valence-corrected chi connectivity index (χ3v) is 10.6. The summed E-state index contributed by atoms with van der Waals surface area (Å²) in [5, 5.41) is 15.6. The van der Waals surface area contributed by atoms with E-state index >= 15 is 0 Å². The number of aliphatic hydroxyl groups excluding tert-OH is 1. The highest BCUT2D eigenvalue weighted by Crippen LogP contribution is 2.43. The number of urea groups is 1. The lowest BCUT2D eigenvalue weighted by molar-refractivity contribution is -0.276. The molecule has 0 saturated carbocycles. The van der Waals surface area contributed by atoms with E-state index < -0.39 is 11.9 Å². The molecule has 2 aliphatic rings. The number of likely N-dealkylation sites (tertiary alicyclic amines) is 1. The van der Waals surface area contributed by atoms with Crippen LogP contribution < -0.4 is 15.4 Å². The van der Waals surface area contributed by atoms with Gasteiger partial charge in [0, 0.05) is 30.3 Å². The number of rotatable bonds is 12. The maximum Gasteiger partial charge on any atom is 0.323 e. The lowest BCUT2D eigenvalue weighted by Crippen LogP contribution is -2.48. The van der Waals surface area contributed by atoms with Crippen molar-refractivity contribution < 1.29 is 33.6 Å². The first-order valence-corrected chi connectivity index (χ1v) is 20.1. The quantitative estimate of drug-likeness (QED) is 0.107. The van der Waals surface area contributed by atoms with Crippen molar-refractivity contribution >= 4 is 17.7 Å². The Kier molecular flexibility index (Phi) is 12.9. The lowest BCUT2D eigenvalue weighted by atomic mass is 9.89. The number of ether oxygens (including phenoxy) is 4. The molecule has 10 heteroatoms. The van der Waals surface area contributed by atoms with Crippen molar-refractivity contribution in [2.45, 2.75) is 83.8 Å². The molecule has 5 atom stereocenters. The second kappa shape index (κ2) is 18.4. The third kappa shape index (κ3) is 10.3. The maximum absolute atomic E-state index is 13.2. The maximum atomic E-state index is 13.2. The number of esters is 1. The molecule has 10 nitrogen and oxygen atoms in total. The van der Waals surface area contributed by atoms with E-state index in [1.165, 1.54) is 0 Å². The zero-order chi connectivity index (χ0) is 40.6. The van der Waals surface area contributed by atoms with Crippen LogP contribution in [0.1, 0.15) is 75.2 Å². The molecular formula is C48H53N3O7. The molecule has 302 valence electrons. The Morgan fingerprint density at radius 2 is 1.48 bits per heavy atom. The molecule has 2 fully saturated rings. The van der Waals surface area contributed by atoms with Gasteiger partial charge in [0.25, 0.3) is 0 Å². The van der Waals surface area contributed by atoms with Crippen molar-refractivity contribution in [3.05, 3.63) is 150 Å². The molecule has 5 aromatic carbocycles. The molecule has 0 radical (unpaired) electrons. The highest BCUT2D eigenvalue weighted by atomic mass is 16.7. The van der Waals surface area contributed by atoms with Crippen LogP contribution in [0.25, 0.3) is 11.1 Å². The average molecular weight is 784 g/mol. The van der Waals surface area contributed by atoms with Gasteiger partial charge < -0.3 is 34.7 Å². The fourth-order valence-electron chi connectivity index (χ4n) is 7.60. The van der Waals surface area contributed by atoms with Gasteiger partial charge >= 0.3 is 12.0 Å². The number of benzene rings is 5. The van der Waals surface area contributed by atoms with E-state index in [1.54, 1.807) is 12.1 Å². The highest BCUT2D eigenvalue weighted by molar-refractivity contribution is 5.89. The molecule has 0 bridgehead atoms. The fourth-order valence-corrected chi connectivity index (χ4v) is 7.60. The van der Waals surface area contributed by atoms with Gasteiger partial charge in [-0.25, -0.2) is 4.79 Å². The minimum absolute atomic E-state index is 0.0278. The Morgan fingerprint density at radius 3 is 2.19 bits per heavy atom. The molecule has 58 heavy (non-hydrogen) atoms. The molecule has 2 aliphatic heterocycles. The normalized spacial score (nSPS) is 20.9. The Hall–Kier alpha value is -5.52. The van der Waals surface area contributed by atoms with Crippen LogP contribution in [0.3, 0.4) is 0 Å². The van der Waals surface area contributed by atoms with E-state index in [4.69, 9.17) is 18.9 Å². The monoisotopic (exact) mass is 783 g/mol. The van der Waals surface area contributed by atoms with Crippen LogP contribution in [0.15, 0.2) is 127 Å². The van der Waals surface area contributed by atoms with Crippen LogP contribution >= 0.6 is 0 Å². The van der Waals surface area contributed by atoms with Gasteiger partial charge in [-0.1, -0.05) is 97.9 Å². The topological polar surface area (TPSA) is 119 Å². The summed E-state index contributed by atoms with van der Waals surface area (Å²) in [6.45, 7) is 9.48. The summed E-state index contributed by atoms with van der Waals surface area (Å²) in [6, 6.07) is 40.2. The van der Waals surface area contributed by atoms with Crippen molar-refractivity contribution in [2.75, 3.05) is 18.4 Å². The molecule has 5 aromatic rings. The molecule has 5 unspecified atom stereocenters. The van der Waals surface area contributed by atoms with Gasteiger partial charge in [0.15, 0.2) is 6.29 Å². The molecule has 0 aromatic heterocycles. The SMILES string of the molecule is CC1C(CN2CCCC2C(=O)OC(C)(C)C)OC(c2ccc(-c3ccccc3CNC(=O)Nc3ccc(Oc4ccccc4)cc3)cc2)OC1c1ccc(CO)cc1. The molecule has 0 spiro atoms. The van der Waals surface area contributed by atoms with Gasteiger partial charge in [0.05, 0.1) is 18.8 Å². The number of amides is 2. The minimum atomic E-state index is -0.653. The average Bonchev–Trinajstić information content (AvgIpc) is 3.70. The van der Waals surface area contributed by atoms with Crippen LogP contribution in [0.2, 0.25) is 0 Å². The number of hydrogen-bond acceptors (Lipinski definition) is 8. The zero-order valence-electron chi connectivity index (χ0n) is 33.6. The minimum Gasteiger partial charge on any atom is -0.459 e. The standard InChI is InChI=1S/C48H53N3O7/c1-32-43(30-51-28-10-15-42(51)45(53)58-48(2,3)4)56-46(57-44(32)35-18-16-33(31-52)17-19-35)36-22-20-34(21-23-36)41-14-9-8-11-37(41)29-49-47(54)50-38-24-26-40(27-25-38)55-39-12-6-5-7-13-39/h5-9,11-14,16-27,32,42-44,46,52H,10,15,28-31H2,1-4H3,(H2,49,50,54). The van der Waals surface area contributed by atoms with E-state index in [1.807, 2.05) is 124 Å². The second-order valence-electron chi connectivity index (χ2n) is 16.0. The molecular weight excluding hydrogens is 731 g/mol. The first-order chi connectivity index (χ1) is 28.0. The highest BCUT2D eigenvalue weighted by Gasteiger charge is 2.42. The first kappa shape index (κ1) is 40.7. The van der Waals surface area contributed by atoms with Crippen molar-refractivity contribution in [1.29, 1.82) is 0 Å². The van der Waals surface area contributed by atoms with Gasteiger partial charge in [-0.3, -0.25) is 9.69 Å². The Morgan fingerprint density at radius 1 is 0.810 bits per heavy atom. The predicted molar refractivity (Wildman–Crippen MR) is 224 cm³/mol. The van der Waals surface area contributed by atoms with E-state index in [-0.39, 0.29) is 42.8 Å². The third-order valence-electron chi connectivity index (χ3n) is 10.6. The number of carbonyl (C=O) groups excluding carboxylic acids is 2. The first-order valence-electron chi connectivity index (χ1n) is 20.1. The largest absolute Gasteiger partial charge is 0.459 e. The summed E-state index contributed by atoms with van der Waals surface area (Å²) in [5.74, 6) is 1.20. The Balaban J connectivity index is 1.03. The van der Waals surface area contributed by atoms with Gasteiger partial charge in [0.1, 0.15) is 23.1 Å². The number of carbonyl (C=O) groups is 2. The molecule has 2 saturated heterocycles. The number of hydrogen-bond donors (Lipinski definition) is 3. The smallest absolute Gasteiger partial charge is 0.323 e. The van der Waals surface area contributed by atoms with E-state index in [0.717, 1.165) is 58.5 Å². The van der Waals surface area contributed by atoms with Crippen LogP contribution in [-0.2, 0) is 32.2 Å². The van der Waals surface area contributed by atoms with Gasteiger partial charge in [-0.15, -0.1) is 0 Å². The fraction of sp³-hybridized carbons (Fsp3) is 0.333. The molecule has 3 N–H and O–H groups in total. The van der Waals surface area contributed by atoms with Crippen molar-refractivity contribution in [3.8, 4) is 22.6 Å². The molecule has 7 rings (SSSR count). The number of nitrogens with zero attached hydrogens (tertiary/aromatic N) is 1. The Bertz CT molecular complexity index is 2120. The molecule has 2 amide bonds.